The first-order valence-corrected chi connectivity index (χ1v) is 6.97. The van der Waals surface area contributed by atoms with E-state index in [4.69, 9.17) is 0 Å². The molecule has 118 valence electrons. The van der Waals surface area contributed by atoms with Gasteiger partial charge in [-0.25, -0.2) is 4.79 Å². The fraction of sp³-hybridized carbons (Fsp3) is 0.200. The quantitative estimate of drug-likeness (QED) is 0.729. The summed E-state index contributed by atoms with van der Waals surface area (Å²) >= 11 is 0. The van der Waals surface area contributed by atoms with Crippen LogP contribution < -0.4 is 10.7 Å². The van der Waals surface area contributed by atoms with Gasteiger partial charge in [-0.2, -0.15) is 10.1 Å². The Morgan fingerprint density at radius 1 is 1.26 bits per heavy atom. The molecule has 0 radical (unpaired) electrons. The first-order chi connectivity index (χ1) is 10.9. The number of carbonyl (C=O) groups excluding carboxylic acids is 3. The lowest BCUT2D eigenvalue weighted by Gasteiger charge is -2.21. The zero-order valence-corrected chi connectivity index (χ0v) is 12.6. The number of H-pyrrole nitrogens is 1. The Bertz CT molecular complexity index is 785. The Balaban J connectivity index is 1.83. The molecule has 3 rings (SSSR count). The molecule has 2 heterocycles. The number of carbonyl (C=O) groups is 3. The molecule has 0 saturated carbocycles. The van der Waals surface area contributed by atoms with Crippen LogP contribution in [0.4, 0.5) is 4.79 Å². The molecule has 1 atom stereocenters. The van der Waals surface area contributed by atoms with Crippen LogP contribution in [0.15, 0.2) is 36.4 Å². The van der Waals surface area contributed by atoms with Crippen molar-refractivity contribution in [2.24, 2.45) is 0 Å². The van der Waals surface area contributed by atoms with E-state index in [1.807, 2.05) is 6.07 Å². The lowest BCUT2D eigenvalue weighted by atomic mass is 9.92. The highest BCUT2D eigenvalue weighted by Crippen LogP contribution is 2.27. The summed E-state index contributed by atoms with van der Waals surface area (Å²) in [6, 6.07) is 9.65. The second kappa shape index (κ2) is 5.24. The molecular formula is C15H15N5O3. The van der Waals surface area contributed by atoms with E-state index in [0.717, 1.165) is 0 Å². The Morgan fingerprint density at radius 2 is 1.96 bits per heavy atom. The van der Waals surface area contributed by atoms with Gasteiger partial charge in [0.1, 0.15) is 5.54 Å². The highest BCUT2D eigenvalue weighted by molar-refractivity contribution is 6.09. The molecule has 1 fully saturated rings. The maximum atomic E-state index is 12.6. The average molecular weight is 313 g/mol. The van der Waals surface area contributed by atoms with Crippen LogP contribution in [0.2, 0.25) is 0 Å². The number of hydrogen-bond donors (Lipinski definition) is 3. The summed E-state index contributed by atoms with van der Waals surface area (Å²) in [6.45, 7) is 3.33. The summed E-state index contributed by atoms with van der Waals surface area (Å²) in [4.78, 5) is 36.8. The van der Waals surface area contributed by atoms with Crippen molar-refractivity contribution in [2.75, 3.05) is 0 Å². The van der Waals surface area contributed by atoms with E-state index in [1.165, 1.54) is 6.07 Å². The topological polar surface area (TPSA) is 107 Å². The Kier molecular flexibility index (Phi) is 3.36. The monoisotopic (exact) mass is 313 g/mol. The number of amides is 4. The first kappa shape index (κ1) is 14.8. The van der Waals surface area contributed by atoms with Crippen molar-refractivity contribution in [1.82, 2.24) is 25.9 Å². The van der Waals surface area contributed by atoms with Crippen molar-refractivity contribution in [3.8, 4) is 0 Å². The number of hydrazine groups is 1. The van der Waals surface area contributed by atoms with Gasteiger partial charge in [0.05, 0.1) is 0 Å². The third-order valence-corrected chi connectivity index (χ3v) is 3.69. The molecule has 0 spiro atoms. The van der Waals surface area contributed by atoms with Gasteiger partial charge >= 0.3 is 6.03 Å². The van der Waals surface area contributed by atoms with Crippen LogP contribution in [0, 0.1) is 6.92 Å². The summed E-state index contributed by atoms with van der Waals surface area (Å²) in [7, 11) is 0. The zero-order chi connectivity index (χ0) is 16.6. The van der Waals surface area contributed by atoms with E-state index in [-0.39, 0.29) is 5.69 Å². The predicted molar refractivity (Wildman–Crippen MR) is 80.0 cm³/mol. The zero-order valence-electron chi connectivity index (χ0n) is 12.6. The summed E-state index contributed by atoms with van der Waals surface area (Å²) < 4.78 is 0. The molecular weight excluding hydrogens is 298 g/mol. The van der Waals surface area contributed by atoms with Crippen molar-refractivity contribution in [2.45, 2.75) is 19.4 Å². The molecule has 8 nitrogen and oxygen atoms in total. The second-order valence-corrected chi connectivity index (χ2v) is 5.44. The first-order valence-electron chi connectivity index (χ1n) is 6.97. The number of aromatic nitrogens is 2. The molecule has 0 aliphatic carbocycles. The molecule has 23 heavy (non-hydrogen) atoms. The minimum atomic E-state index is -1.23. The molecule has 1 aliphatic heterocycles. The molecule has 1 aromatic heterocycles. The van der Waals surface area contributed by atoms with E-state index in [2.05, 4.69) is 20.9 Å². The highest BCUT2D eigenvalue weighted by atomic mass is 16.2. The number of aromatic amines is 1. The number of imide groups is 1. The van der Waals surface area contributed by atoms with Crippen molar-refractivity contribution in [3.05, 3.63) is 53.3 Å². The summed E-state index contributed by atoms with van der Waals surface area (Å²) in [6.07, 6.45) is 0. The Morgan fingerprint density at radius 3 is 2.57 bits per heavy atom. The van der Waals surface area contributed by atoms with Crippen molar-refractivity contribution in [1.29, 1.82) is 0 Å². The maximum absolute atomic E-state index is 12.6. The number of nitrogens with zero attached hydrogens (tertiary/aromatic N) is 2. The highest BCUT2D eigenvalue weighted by Gasteiger charge is 2.50. The summed E-state index contributed by atoms with van der Waals surface area (Å²) in [5, 5.41) is 9.70. The van der Waals surface area contributed by atoms with Crippen LogP contribution in [0.25, 0.3) is 0 Å². The van der Waals surface area contributed by atoms with E-state index in [1.54, 1.807) is 38.1 Å². The fourth-order valence-corrected chi connectivity index (χ4v) is 2.40. The van der Waals surface area contributed by atoms with E-state index in [0.29, 0.717) is 16.3 Å². The number of hydrogen-bond acceptors (Lipinski definition) is 4. The number of benzene rings is 1. The third kappa shape index (κ3) is 2.44. The number of nitrogens with one attached hydrogen (secondary N) is 3. The predicted octanol–water partition coefficient (Wildman–Crippen LogP) is 0.830. The Hall–Kier alpha value is -3.16. The standard InChI is InChI=1S/C15H15N5O3/c1-9-8-11(18-17-9)12(21)19-20-13(22)15(2,16-14(20)23)10-6-4-3-5-7-10/h3-8H,1-2H3,(H,16,23)(H,17,18)(H,19,21). The summed E-state index contributed by atoms with van der Waals surface area (Å²) in [5.74, 6) is -1.20. The minimum absolute atomic E-state index is 0.0939. The van der Waals surface area contributed by atoms with Gasteiger partial charge in [-0.3, -0.25) is 20.1 Å². The summed E-state index contributed by atoms with van der Waals surface area (Å²) in [5.41, 5.74) is 2.47. The van der Waals surface area contributed by atoms with E-state index < -0.39 is 23.4 Å². The smallest absolute Gasteiger partial charge is 0.318 e. The van der Waals surface area contributed by atoms with Gasteiger partial charge in [-0.05, 0) is 25.5 Å². The number of urea groups is 1. The lowest BCUT2D eigenvalue weighted by Crippen LogP contribution is -2.48. The van der Waals surface area contributed by atoms with Crippen LogP contribution >= 0.6 is 0 Å². The molecule has 1 unspecified atom stereocenters. The van der Waals surface area contributed by atoms with Crippen LogP contribution in [0.1, 0.15) is 28.7 Å². The molecule has 1 aromatic carbocycles. The van der Waals surface area contributed by atoms with E-state index in [9.17, 15) is 14.4 Å². The minimum Gasteiger partial charge on any atom is -0.318 e. The normalized spacial score (nSPS) is 20.5. The molecule has 0 bridgehead atoms. The van der Waals surface area contributed by atoms with Crippen molar-refractivity contribution in [3.63, 3.8) is 0 Å². The van der Waals surface area contributed by atoms with Gasteiger partial charge in [0.15, 0.2) is 5.69 Å². The van der Waals surface area contributed by atoms with Gasteiger partial charge in [0.25, 0.3) is 11.8 Å². The van der Waals surface area contributed by atoms with E-state index >= 15 is 0 Å². The fourth-order valence-electron chi connectivity index (χ4n) is 2.40. The van der Waals surface area contributed by atoms with Gasteiger partial charge < -0.3 is 5.32 Å². The second-order valence-electron chi connectivity index (χ2n) is 5.44. The largest absolute Gasteiger partial charge is 0.344 e. The molecule has 1 aliphatic rings. The number of rotatable bonds is 3. The number of aryl methyl sites for hydroxylation is 1. The van der Waals surface area contributed by atoms with Gasteiger partial charge in [0.2, 0.25) is 0 Å². The van der Waals surface area contributed by atoms with Crippen LogP contribution in [-0.4, -0.2) is 33.1 Å². The van der Waals surface area contributed by atoms with Gasteiger partial charge in [0, 0.05) is 5.69 Å². The Labute approximate surface area is 131 Å². The van der Waals surface area contributed by atoms with Crippen molar-refractivity contribution >= 4 is 17.8 Å². The van der Waals surface area contributed by atoms with Gasteiger partial charge in [-0.1, -0.05) is 30.3 Å². The molecule has 3 N–H and O–H groups in total. The SMILES string of the molecule is Cc1cc(C(=O)NN2C(=O)NC(C)(c3ccccc3)C2=O)n[nH]1. The third-order valence-electron chi connectivity index (χ3n) is 3.69. The molecule has 2 aromatic rings. The van der Waals surface area contributed by atoms with Crippen molar-refractivity contribution < 1.29 is 14.4 Å². The maximum Gasteiger partial charge on any atom is 0.344 e. The molecule has 8 heteroatoms. The molecule has 4 amide bonds. The molecule has 1 saturated heterocycles. The van der Waals surface area contributed by atoms with Crippen LogP contribution in [-0.2, 0) is 10.3 Å². The lowest BCUT2D eigenvalue weighted by molar-refractivity contribution is -0.132. The van der Waals surface area contributed by atoms with Crippen LogP contribution in [0.5, 0.6) is 0 Å². The van der Waals surface area contributed by atoms with Crippen LogP contribution in [0.3, 0.4) is 0 Å². The average Bonchev–Trinajstić information content (AvgIpc) is 3.06. The van der Waals surface area contributed by atoms with Gasteiger partial charge in [-0.15, -0.1) is 0 Å².